The van der Waals surface area contributed by atoms with Gasteiger partial charge in [0.15, 0.2) is 0 Å². The molecule has 0 radical (unpaired) electrons. The smallest absolute Gasteiger partial charge is 0.0388 e. The van der Waals surface area contributed by atoms with Crippen LogP contribution in [0, 0.1) is 6.92 Å². The predicted octanol–water partition coefficient (Wildman–Crippen LogP) is 1.45. The Bertz CT molecular complexity index is 294. The average Bonchev–Trinajstić information content (AvgIpc) is 2.46. The minimum absolute atomic E-state index is 1.03. The Hall–Kier alpha value is -0.860. The number of aryl methyl sites for hydroxylation is 1. The van der Waals surface area contributed by atoms with E-state index in [-0.39, 0.29) is 0 Å². The highest BCUT2D eigenvalue weighted by molar-refractivity contribution is 5.33. The number of hydrazine groups is 1. The van der Waals surface area contributed by atoms with Gasteiger partial charge >= 0.3 is 0 Å². The lowest BCUT2D eigenvalue weighted by molar-refractivity contribution is 0.212. The van der Waals surface area contributed by atoms with Gasteiger partial charge in [-0.3, -0.25) is 5.43 Å². The van der Waals surface area contributed by atoms with Crippen molar-refractivity contribution in [2.45, 2.75) is 20.0 Å². The van der Waals surface area contributed by atoms with E-state index in [2.05, 4.69) is 35.6 Å². The second kappa shape index (κ2) is 2.88. The van der Waals surface area contributed by atoms with Gasteiger partial charge in [0.25, 0.3) is 0 Å². The van der Waals surface area contributed by atoms with Gasteiger partial charge in [0.1, 0.15) is 0 Å². The zero-order valence-electron chi connectivity index (χ0n) is 7.59. The van der Waals surface area contributed by atoms with E-state index < -0.39 is 0 Å². The van der Waals surface area contributed by atoms with Crippen LogP contribution in [-0.4, -0.2) is 12.1 Å². The molecule has 12 heavy (non-hydrogen) atoms. The van der Waals surface area contributed by atoms with Crippen molar-refractivity contribution >= 4 is 0 Å². The van der Waals surface area contributed by atoms with Crippen LogP contribution in [0.5, 0.6) is 0 Å². The van der Waals surface area contributed by atoms with Gasteiger partial charge < -0.3 is 0 Å². The van der Waals surface area contributed by atoms with Crippen molar-refractivity contribution in [3.8, 4) is 0 Å². The molecule has 1 aliphatic heterocycles. The molecular formula is C10H14N2. The minimum atomic E-state index is 1.03. The van der Waals surface area contributed by atoms with Gasteiger partial charge in [-0.25, -0.2) is 5.01 Å². The average molecular weight is 162 g/mol. The summed E-state index contributed by atoms with van der Waals surface area (Å²) >= 11 is 0. The second-order valence-corrected chi connectivity index (χ2v) is 3.35. The summed E-state index contributed by atoms with van der Waals surface area (Å²) in [7, 11) is 1.97. The van der Waals surface area contributed by atoms with Crippen LogP contribution in [-0.2, 0) is 13.1 Å². The third-order valence-electron chi connectivity index (χ3n) is 2.40. The Morgan fingerprint density at radius 3 is 2.75 bits per heavy atom. The van der Waals surface area contributed by atoms with Crippen LogP contribution in [0.2, 0.25) is 0 Å². The first kappa shape index (κ1) is 7.77. The van der Waals surface area contributed by atoms with E-state index in [1.54, 1.807) is 0 Å². The van der Waals surface area contributed by atoms with E-state index in [0.29, 0.717) is 0 Å². The summed E-state index contributed by atoms with van der Waals surface area (Å²) in [5.74, 6) is 0. The van der Waals surface area contributed by atoms with Crippen LogP contribution in [0.25, 0.3) is 0 Å². The summed E-state index contributed by atoms with van der Waals surface area (Å²) in [6.07, 6.45) is 0. The zero-order chi connectivity index (χ0) is 8.55. The number of fused-ring (bicyclic) bond motifs is 1. The Morgan fingerprint density at radius 2 is 2.00 bits per heavy atom. The van der Waals surface area contributed by atoms with Crippen LogP contribution >= 0.6 is 0 Å². The largest absolute Gasteiger partial charge is 0.258 e. The lowest BCUT2D eigenvalue weighted by Crippen LogP contribution is -2.29. The molecule has 0 saturated heterocycles. The molecule has 0 fully saturated rings. The molecule has 0 atom stereocenters. The van der Waals surface area contributed by atoms with E-state index in [4.69, 9.17) is 0 Å². The maximum absolute atomic E-state index is 3.16. The van der Waals surface area contributed by atoms with E-state index in [1.165, 1.54) is 16.7 Å². The van der Waals surface area contributed by atoms with Crippen LogP contribution < -0.4 is 5.43 Å². The van der Waals surface area contributed by atoms with Crippen LogP contribution in [0.1, 0.15) is 16.7 Å². The SMILES string of the molecule is CNN1Cc2ccc(C)cc2C1. The van der Waals surface area contributed by atoms with Crippen molar-refractivity contribution < 1.29 is 0 Å². The van der Waals surface area contributed by atoms with Crippen LogP contribution in [0.4, 0.5) is 0 Å². The molecule has 2 rings (SSSR count). The second-order valence-electron chi connectivity index (χ2n) is 3.35. The van der Waals surface area contributed by atoms with Crippen molar-refractivity contribution in [2.24, 2.45) is 0 Å². The summed E-state index contributed by atoms with van der Waals surface area (Å²) in [4.78, 5) is 0. The summed E-state index contributed by atoms with van der Waals surface area (Å²) < 4.78 is 0. The summed E-state index contributed by atoms with van der Waals surface area (Å²) in [5.41, 5.74) is 7.43. The molecule has 2 nitrogen and oxygen atoms in total. The van der Waals surface area contributed by atoms with E-state index >= 15 is 0 Å². The molecule has 0 unspecified atom stereocenters. The standard InChI is InChI=1S/C10H14N2/c1-8-3-4-9-6-12(11-2)7-10(9)5-8/h3-5,11H,6-7H2,1-2H3. The third-order valence-corrected chi connectivity index (χ3v) is 2.40. The molecule has 2 heteroatoms. The molecule has 64 valence electrons. The summed E-state index contributed by atoms with van der Waals surface area (Å²) in [6, 6.07) is 6.67. The summed E-state index contributed by atoms with van der Waals surface area (Å²) in [6.45, 7) is 4.21. The van der Waals surface area contributed by atoms with E-state index in [1.807, 2.05) is 7.05 Å². The normalized spacial score (nSPS) is 16.5. The van der Waals surface area contributed by atoms with Crippen molar-refractivity contribution in [3.05, 3.63) is 34.9 Å². The fourth-order valence-corrected chi connectivity index (χ4v) is 1.68. The first-order valence-electron chi connectivity index (χ1n) is 4.30. The zero-order valence-corrected chi connectivity index (χ0v) is 7.59. The fourth-order valence-electron chi connectivity index (χ4n) is 1.68. The van der Waals surface area contributed by atoms with E-state index in [0.717, 1.165) is 13.1 Å². The molecule has 1 N–H and O–H groups in total. The highest BCUT2D eigenvalue weighted by atomic mass is 15.5. The number of nitrogens with one attached hydrogen (secondary N) is 1. The quantitative estimate of drug-likeness (QED) is 0.672. The molecule has 1 aromatic rings. The number of nitrogens with zero attached hydrogens (tertiary/aromatic N) is 1. The number of hydrogen-bond donors (Lipinski definition) is 1. The van der Waals surface area contributed by atoms with Crippen LogP contribution in [0.3, 0.4) is 0 Å². The monoisotopic (exact) mass is 162 g/mol. The van der Waals surface area contributed by atoms with Crippen molar-refractivity contribution in [1.82, 2.24) is 10.4 Å². The molecule has 0 spiro atoms. The first-order valence-corrected chi connectivity index (χ1v) is 4.30. The maximum atomic E-state index is 3.16. The van der Waals surface area contributed by atoms with Gasteiger partial charge in [-0.15, -0.1) is 0 Å². The van der Waals surface area contributed by atoms with Crippen molar-refractivity contribution in [3.63, 3.8) is 0 Å². The molecule has 0 saturated carbocycles. The Labute approximate surface area is 73.2 Å². The van der Waals surface area contributed by atoms with Crippen molar-refractivity contribution in [2.75, 3.05) is 7.05 Å². The van der Waals surface area contributed by atoms with Gasteiger partial charge in [-0.1, -0.05) is 23.8 Å². The maximum Gasteiger partial charge on any atom is 0.0388 e. The number of benzene rings is 1. The molecule has 1 heterocycles. The Kier molecular flexibility index (Phi) is 1.87. The highest BCUT2D eigenvalue weighted by Crippen LogP contribution is 2.21. The van der Waals surface area contributed by atoms with Gasteiger partial charge in [0.05, 0.1) is 0 Å². The molecule has 0 amide bonds. The first-order chi connectivity index (χ1) is 5.79. The van der Waals surface area contributed by atoms with Gasteiger partial charge in [0, 0.05) is 13.1 Å². The molecule has 1 aromatic carbocycles. The van der Waals surface area contributed by atoms with Crippen molar-refractivity contribution in [1.29, 1.82) is 0 Å². The fraction of sp³-hybridized carbons (Fsp3) is 0.400. The number of hydrogen-bond acceptors (Lipinski definition) is 2. The topological polar surface area (TPSA) is 15.3 Å². The summed E-state index contributed by atoms with van der Waals surface area (Å²) in [5, 5.41) is 2.21. The Morgan fingerprint density at radius 1 is 1.25 bits per heavy atom. The predicted molar refractivity (Wildman–Crippen MR) is 49.5 cm³/mol. The lowest BCUT2D eigenvalue weighted by atomic mass is 10.1. The van der Waals surface area contributed by atoms with Gasteiger partial charge in [0.2, 0.25) is 0 Å². The molecular weight excluding hydrogens is 148 g/mol. The third kappa shape index (κ3) is 1.24. The lowest BCUT2D eigenvalue weighted by Gasteiger charge is -2.11. The Balaban J connectivity index is 2.30. The highest BCUT2D eigenvalue weighted by Gasteiger charge is 2.16. The van der Waals surface area contributed by atoms with Crippen LogP contribution in [0.15, 0.2) is 18.2 Å². The van der Waals surface area contributed by atoms with Gasteiger partial charge in [-0.2, -0.15) is 0 Å². The molecule has 0 aromatic heterocycles. The molecule has 0 aliphatic carbocycles. The molecule has 1 aliphatic rings. The number of rotatable bonds is 1. The minimum Gasteiger partial charge on any atom is -0.258 e. The van der Waals surface area contributed by atoms with Gasteiger partial charge in [-0.05, 0) is 25.1 Å². The van der Waals surface area contributed by atoms with E-state index in [9.17, 15) is 0 Å². The molecule has 0 bridgehead atoms.